The van der Waals surface area contributed by atoms with Gasteiger partial charge in [-0.2, -0.15) is 0 Å². The number of nitrogens with one attached hydrogen (secondary N) is 1. The van der Waals surface area contributed by atoms with Crippen LogP contribution in [0.1, 0.15) is 19.0 Å². The first kappa shape index (κ1) is 12.9. The summed E-state index contributed by atoms with van der Waals surface area (Å²) in [7, 11) is 0. The minimum Gasteiger partial charge on any atom is -0.370 e. The van der Waals surface area contributed by atoms with Crippen LogP contribution in [0, 0.1) is 0 Å². The van der Waals surface area contributed by atoms with Gasteiger partial charge in [0.25, 0.3) is 0 Å². The number of nitrogens with zero attached hydrogens (tertiary/aromatic N) is 2. The van der Waals surface area contributed by atoms with Crippen LogP contribution in [0.2, 0.25) is 0 Å². The summed E-state index contributed by atoms with van der Waals surface area (Å²) in [5.74, 6) is 1.84. The second kappa shape index (κ2) is 7.01. The Morgan fingerprint density at radius 2 is 2.00 bits per heavy atom. The van der Waals surface area contributed by atoms with Crippen molar-refractivity contribution in [3.8, 4) is 0 Å². The van der Waals surface area contributed by atoms with E-state index in [1.54, 1.807) is 11.8 Å². The van der Waals surface area contributed by atoms with Crippen LogP contribution in [-0.4, -0.2) is 16.5 Å². The third-order valence-electron chi connectivity index (χ3n) is 2.40. The summed E-state index contributed by atoms with van der Waals surface area (Å²) in [6.45, 7) is 3.12. The summed E-state index contributed by atoms with van der Waals surface area (Å²) in [5.41, 5.74) is 1.10. The molecule has 0 aromatic carbocycles. The van der Waals surface area contributed by atoms with E-state index < -0.39 is 0 Å². The Balaban J connectivity index is 1.93. The van der Waals surface area contributed by atoms with Crippen molar-refractivity contribution in [2.24, 2.45) is 0 Å². The third-order valence-corrected chi connectivity index (χ3v) is 3.44. The predicted octanol–water partition coefficient (Wildman–Crippen LogP) is 3.59. The first-order valence-corrected chi connectivity index (χ1v) is 7.09. The van der Waals surface area contributed by atoms with Crippen LogP contribution in [0.3, 0.4) is 0 Å². The van der Waals surface area contributed by atoms with E-state index in [-0.39, 0.29) is 0 Å². The van der Waals surface area contributed by atoms with Gasteiger partial charge in [-0.3, -0.25) is 4.98 Å². The van der Waals surface area contributed by atoms with Gasteiger partial charge < -0.3 is 5.32 Å². The molecule has 0 amide bonds. The Morgan fingerprint density at radius 3 is 2.78 bits per heavy atom. The molecule has 94 valence electrons. The third kappa shape index (κ3) is 4.04. The fraction of sp³-hybridized carbons (Fsp3) is 0.286. The number of hydrogen-bond donors (Lipinski definition) is 1. The number of thioether (sulfide) groups is 1. The van der Waals surface area contributed by atoms with Crippen molar-refractivity contribution in [3.05, 3.63) is 48.4 Å². The number of aromatic nitrogens is 2. The summed E-state index contributed by atoms with van der Waals surface area (Å²) in [6.07, 6.45) is 4.74. The fourth-order valence-corrected chi connectivity index (χ4v) is 2.29. The fourth-order valence-electron chi connectivity index (χ4n) is 1.50. The van der Waals surface area contributed by atoms with Crippen molar-refractivity contribution in [2.75, 3.05) is 11.9 Å². The van der Waals surface area contributed by atoms with E-state index in [1.165, 1.54) is 4.90 Å². The van der Waals surface area contributed by atoms with Crippen LogP contribution in [0.25, 0.3) is 0 Å². The number of anilines is 1. The molecule has 18 heavy (non-hydrogen) atoms. The Hall–Kier alpha value is -1.55. The molecule has 4 heteroatoms. The van der Waals surface area contributed by atoms with E-state index in [1.807, 2.05) is 36.7 Å². The lowest BCUT2D eigenvalue weighted by Gasteiger charge is -2.06. The van der Waals surface area contributed by atoms with Crippen LogP contribution in [-0.2, 0) is 5.75 Å². The highest BCUT2D eigenvalue weighted by Crippen LogP contribution is 2.21. The molecule has 0 aliphatic carbocycles. The van der Waals surface area contributed by atoms with Crippen LogP contribution in [0.15, 0.2) is 47.6 Å². The molecule has 3 nitrogen and oxygen atoms in total. The molecule has 0 aliphatic rings. The zero-order chi connectivity index (χ0) is 12.6. The molecular weight excluding hydrogens is 242 g/mol. The Labute approximate surface area is 112 Å². The molecule has 0 aliphatic heterocycles. The van der Waals surface area contributed by atoms with Gasteiger partial charge in [-0.15, -0.1) is 11.8 Å². The van der Waals surface area contributed by atoms with Gasteiger partial charge in [-0.1, -0.05) is 13.0 Å². The zero-order valence-electron chi connectivity index (χ0n) is 10.5. The lowest BCUT2D eigenvalue weighted by Crippen LogP contribution is -2.02. The second-order valence-electron chi connectivity index (χ2n) is 3.91. The van der Waals surface area contributed by atoms with Crippen molar-refractivity contribution in [1.29, 1.82) is 0 Å². The van der Waals surface area contributed by atoms with Gasteiger partial charge in [0, 0.05) is 29.6 Å². The maximum atomic E-state index is 4.58. The maximum Gasteiger partial charge on any atom is 0.126 e. The van der Waals surface area contributed by atoms with Crippen LogP contribution >= 0.6 is 11.8 Å². The van der Waals surface area contributed by atoms with Crippen molar-refractivity contribution < 1.29 is 0 Å². The van der Waals surface area contributed by atoms with Gasteiger partial charge >= 0.3 is 0 Å². The average molecular weight is 259 g/mol. The Bertz CT molecular complexity index is 473. The van der Waals surface area contributed by atoms with Gasteiger partial charge in [0.15, 0.2) is 0 Å². The SMILES string of the molecule is CCCNc1cccc(CSc2ccncc2)n1. The Morgan fingerprint density at radius 1 is 1.17 bits per heavy atom. The first-order chi connectivity index (χ1) is 8.88. The van der Waals surface area contributed by atoms with Gasteiger partial charge in [-0.05, 0) is 30.7 Å². The molecule has 0 spiro atoms. The summed E-state index contributed by atoms with van der Waals surface area (Å²) in [4.78, 5) is 9.81. The molecule has 0 radical (unpaired) electrons. The second-order valence-corrected chi connectivity index (χ2v) is 4.96. The normalized spacial score (nSPS) is 10.3. The van der Waals surface area contributed by atoms with Gasteiger partial charge in [0.2, 0.25) is 0 Å². The lowest BCUT2D eigenvalue weighted by molar-refractivity contribution is 0.965. The van der Waals surface area contributed by atoms with E-state index in [9.17, 15) is 0 Å². The highest BCUT2D eigenvalue weighted by atomic mass is 32.2. The molecule has 2 heterocycles. The predicted molar refractivity (Wildman–Crippen MR) is 76.8 cm³/mol. The van der Waals surface area contributed by atoms with E-state index >= 15 is 0 Å². The molecule has 1 N–H and O–H groups in total. The van der Waals surface area contributed by atoms with E-state index in [0.29, 0.717) is 0 Å². The molecule has 0 fully saturated rings. The summed E-state index contributed by atoms with van der Waals surface area (Å²) in [6, 6.07) is 10.2. The zero-order valence-corrected chi connectivity index (χ0v) is 11.3. The monoisotopic (exact) mass is 259 g/mol. The number of pyridine rings is 2. The van der Waals surface area contributed by atoms with E-state index in [0.717, 1.165) is 30.2 Å². The van der Waals surface area contributed by atoms with Gasteiger partial charge in [-0.25, -0.2) is 4.98 Å². The van der Waals surface area contributed by atoms with Gasteiger partial charge in [0.1, 0.15) is 5.82 Å². The number of rotatable bonds is 6. The van der Waals surface area contributed by atoms with E-state index in [4.69, 9.17) is 0 Å². The molecule has 0 atom stereocenters. The van der Waals surface area contributed by atoms with Crippen LogP contribution < -0.4 is 5.32 Å². The molecule has 0 saturated carbocycles. The highest BCUT2D eigenvalue weighted by molar-refractivity contribution is 7.98. The van der Waals surface area contributed by atoms with Crippen molar-refractivity contribution in [2.45, 2.75) is 24.0 Å². The van der Waals surface area contributed by atoms with Crippen molar-refractivity contribution >= 4 is 17.6 Å². The van der Waals surface area contributed by atoms with Crippen LogP contribution in [0.5, 0.6) is 0 Å². The lowest BCUT2D eigenvalue weighted by atomic mass is 10.3. The summed E-state index contributed by atoms with van der Waals surface area (Å²) >= 11 is 1.78. The largest absolute Gasteiger partial charge is 0.370 e. The molecule has 2 rings (SSSR count). The van der Waals surface area contributed by atoms with E-state index in [2.05, 4.69) is 28.3 Å². The topological polar surface area (TPSA) is 37.8 Å². The average Bonchev–Trinajstić information content (AvgIpc) is 2.44. The van der Waals surface area contributed by atoms with Crippen LogP contribution in [0.4, 0.5) is 5.82 Å². The minimum atomic E-state index is 0.881. The molecule has 2 aromatic heterocycles. The molecule has 2 aromatic rings. The molecule has 0 unspecified atom stereocenters. The summed E-state index contributed by atoms with van der Waals surface area (Å²) in [5, 5.41) is 3.30. The molecule has 0 bridgehead atoms. The summed E-state index contributed by atoms with van der Waals surface area (Å²) < 4.78 is 0. The minimum absolute atomic E-state index is 0.881. The quantitative estimate of drug-likeness (QED) is 0.804. The maximum absolute atomic E-state index is 4.58. The first-order valence-electron chi connectivity index (χ1n) is 6.11. The number of hydrogen-bond acceptors (Lipinski definition) is 4. The molecule has 0 saturated heterocycles. The standard InChI is InChI=1S/C14H17N3S/c1-2-8-16-14-5-3-4-12(17-14)11-18-13-6-9-15-10-7-13/h3-7,9-10H,2,8,11H2,1H3,(H,16,17). The molecular formula is C14H17N3S. The van der Waals surface area contributed by atoms with Crippen molar-refractivity contribution in [3.63, 3.8) is 0 Å². The van der Waals surface area contributed by atoms with Gasteiger partial charge in [0.05, 0.1) is 5.69 Å². The van der Waals surface area contributed by atoms with Crippen molar-refractivity contribution in [1.82, 2.24) is 9.97 Å². The smallest absolute Gasteiger partial charge is 0.126 e. The Kier molecular flexibility index (Phi) is 5.02. The highest BCUT2D eigenvalue weighted by Gasteiger charge is 1.99.